The Morgan fingerprint density at radius 3 is 2.83 bits per heavy atom. The van der Waals surface area contributed by atoms with Crippen molar-refractivity contribution in [3.05, 3.63) is 54.5 Å². The SMILES string of the molecule is Fc1ccc2[nH]c3c(-c4ccc5nn[nH]c5c4)nccc3c2c1. The average molecular weight is 303 g/mol. The summed E-state index contributed by atoms with van der Waals surface area (Å²) in [4.78, 5) is 7.85. The predicted molar refractivity (Wildman–Crippen MR) is 86.4 cm³/mol. The fraction of sp³-hybridized carbons (Fsp3) is 0. The second kappa shape index (κ2) is 4.36. The lowest BCUT2D eigenvalue weighted by molar-refractivity contribution is 0.630. The molecular formula is C17H10FN5. The van der Waals surface area contributed by atoms with Crippen molar-refractivity contribution in [3.8, 4) is 11.3 Å². The Morgan fingerprint density at radius 1 is 0.913 bits per heavy atom. The van der Waals surface area contributed by atoms with Gasteiger partial charge in [0.15, 0.2) is 0 Å². The first-order chi connectivity index (χ1) is 11.3. The largest absolute Gasteiger partial charge is 0.353 e. The van der Waals surface area contributed by atoms with Gasteiger partial charge in [0, 0.05) is 28.0 Å². The first kappa shape index (κ1) is 12.3. The van der Waals surface area contributed by atoms with Crippen molar-refractivity contribution in [2.75, 3.05) is 0 Å². The number of hydrogen-bond acceptors (Lipinski definition) is 3. The van der Waals surface area contributed by atoms with Crippen LogP contribution in [0.25, 0.3) is 44.1 Å². The van der Waals surface area contributed by atoms with Gasteiger partial charge in [0.1, 0.15) is 11.3 Å². The molecule has 0 saturated heterocycles. The molecule has 2 N–H and O–H groups in total. The summed E-state index contributed by atoms with van der Waals surface area (Å²) in [5.74, 6) is -0.248. The smallest absolute Gasteiger partial charge is 0.123 e. The van der Waals surface area contributed by atoms with Crippen LogP contribution in [-0.2, 0) is 0 Å². The fourth-order valence-electron chi connectivity index (χ4n) is 3.01. The van der Waals surface area contributed by atoms with Gasteiger partial charge in [0.2, 0.25) is 0 Å². The van der Waals surface area contributed by atoms with E-state index >= 15 is 0 Å². The molecule has 5 nitrogen and oxygen atoms in total. The van der Waals surface area contributed by atoms with E-state index in [-0.39, 0.29) is 5.82 Å². The lowest BCUT2D eigenvalue weighted by Gasteiger charge is -2.02. The van der Waals surface area contributed by atoms with E-state index in [9.17, 15) is 4.39 Å². The molecule has 0 bridgehead atoms. The second-order valence-electron chi connectivity index (χ2n) is 5.44. The molecule has 0 aliphatic heterocycles. The Kier molecular flexibility index (Phi) is 2.33. The molecular weight excluding hydrogens is 293 g/mol. The summed E-state index contributed by atoms with van der Waals surface area (Å²) in [6.45, 7) is 0. The molecule has 0 spiro atoms. The van der Waals surface area contributed by atoms with Crippen LogP contribution in [0.2, 0.25) is 0 Å². The van der Waals surface area contributed by atoms with Gasteiger partial charge in [-0.3, -0.25) is 10.1 Å². The van der Waals surface area contributed by atoms with Gasteiger partial charge >= 0.3 is 0 Å². The highest BCUT2D eigenvalue weighted by Gasteiger charge is 2.12. The predicted octanol–water partition coefficient (Wildman–Crippen LogP) is 3.79. The van der Waals surface area contributed by atoms with Crippen LogP contribution in [0.4, 0.5) is 4.39 Å². The first-order valence-corrected chi connectivity index (χ1v) is 7.17. The lowest BCUT2D eigenvalue weighted by Crippen LogP contribution is -1.85. The van der Waals surface area contributed by atoms with Crippen LogP contribution in [0.15, 0.2) is 48.7 Å². The minimum Gasteiger partial charge on any atom is -0.353 e. The molecule has 0 fully saturated rings. The van der Waals surface area contributed by atoms with E-state index in [2.05, 4.69) is 25.4 Å². The van der Waals surface area contributed by atoms with E-state index in [1.165, 1.54) is 6.07 Å². The summed E-state index contributed by atoms with van der Waals surface area (Å²) in [6, 6.07) is 12.5. The van der Waals surface area contributed by atoms with Gasteiger partial charge in [-0.15, -0.1) is 5.10 Å². The topological polar surface area (TPSA) is 70.2 Å². The monoisotopic (exact) mass is 303 g/mol. The molecule has 0 amide bonds. The van der Waals surface area contributed by atoms with E-state index in [1.807, 2.05) is 24.3 Å². The van der Waals surface area contributed by atoms with Gasteiger partial charge < -0.3 is 4.98 Å². The summed E-state index contributed by atoms with van der Waals surface area (Å²) in [5.41, 5.74) is 5.19. The molecule has 3 aromatic heterocycles. The van der Waals surface area contributed by atoms with Gasteiger partial charge in [0.05, 0.1) is 16.7 Å². The third kappa shape index (κ3) is 1.75. The van der Waals surface area contributed by atoms with E-state index in [0.717, 1.165) is 44.1 Å². The fourth-order valence-corrected chi connectivity index (χ4v) is 3.01. The number of nitrogens with zero attached hydrogens (tertiary/aromatic N) is 3. The van der Waals surface area contributed by atoms with Gasteiger partial charge in [-0.2, -0.15) is 0 Å². The van der Waals surface area contributed by atoms with Crippen LogP contribution in [0.5, 0.6) is 0 Å². The van der Waals surface area contributed by atoms with E-state index in [4.69, 9.17) is 0 Å². The van der Waals surface area contributed by atoms with E-state index in [1.54, 1.807) is 18.3 Å². The summed E-state index contributed by atoms with van der Waals surface area (Å²) in [5, 5.41) is 12.5. The molecule has 0 aliphatic rings. The molecule has 0 saturated carbocycles. The summed E-state index contributed by atoms with van der Waals surface area (Å²) in [6.07, 6.45) is 1.74. The number of H-pyrrole nitrogens is 2. The zero-order chi connectivity index (χ0) is 15.4. The molecule has 0 radical (unpaired) electrons. The molecule has 2 aromatic carbocycles. The van der Waals surface area contributed by atoms with Crippen molar-refractivity contribution in [2.45, 2.75) is 0 Å². The Labute approximate surface area is 129 Å². The van der Waals surface area contributed by atoms with E-state index in [0.29, 0.717) is 0 Å². The Morgan fingerprint density at radius 2 is 1.87 bits per heavy atom. The van der Waals surface area contributed by atoms with Crippen molar-refractivity contribution in [1.29, 1.82) is 0 Å². The molecule has 3 heterocycles. The number of aromatic amines is 2. The minimum atomic E-state index is -0.248. The number of aromatic nitrogens is 5. The number of rotatable bonds is 1. The zero-order valence-corrected chi connectivity index (χ0v) is 11.8. The highest BCUT2D eigenvalue weighted by Crippen LogP contribution is 2.32. The Hall–Kier alpha value is -3.28. The van der Waals surface area contributed by atoms with Gasteiger partial charge in [-0.05, 0) is 36.4 Å². The van der Waals surface area contributed by atoms with Gasteiger partial charge in [0.25, 0.3) is 0 Å². The molecule has 23 heavy (non-hydrogen) atoms. The summed E-state index contributed by atoms with van der Waals surface area (Å²) >= 11 is 0. The molecule has 0 atom stereocenters. The van der Waals surface area contributed by atoms with Crippen LogP contribution in [0.1, 0.15) is 0 Å². The maximum Gasteiger partial charge on any atom is 0.123 e. The Balaban J connectivity index is 1.85. The molecule has 0 unspecified atom stereocenters. The third-order valence-corrected chi connectivity index (χ3v) is 4.08. The second-order valence-corrected chi connectivity index (χ2v) is 5.44. The normalized spacial score (nSPS) is 11.7. The molecule has 6 heteroatoms. The van der Waals surface area contributed by atoms with Crippen LogP contribution >= 0.6 is 0 Å². The first-order valence-electron chi connectivity index (χ1n) is 7.17. The van der Waals surface area contributed by atoms with Crippen LogP contribution in [-0.4, -0.2) is 25.4 Å². The van der Waals surface area contributed by atoms with Gasteiger partial charge in [-0.1, -0.05) is 11.3 Å². The average Bonchev–Trinajstić information content (AvgIpc) is 3.17. The Bertz CT molecular complexity index is 1190. The highest BCUT2D eigenvalue weighted by molar-refractivity contribution is 6.11. The van der Waals surface area contributed by atoms with Crippen LogP contribution < -0.4 is 0 Å². The zero-order valence-electron chi connectivity index (χ0n) is 11.8. The lowest BCUT2D eigenvalue weighted by atomic mass is 10.1. The molecule has 110 valence electrons. The van der Waals surface area contributed by atoms with Crippen LogP contribution in [0, 0.1) is 5.82 Å². The summed E-state index contributed by atoms with van der Waals surface area (Å²) in [7, 11) is 0. The highest BCUT2D eigenvalue weighted by atomic mass is 19.1. The van der Waals surface area contributed by atoms with Crippen molar-refractivity contribution >= 4 is 32.8 Å². The number of halogens is 1. The van der Waals surface area contributed by atoms with Crippen molar-refractivity contribution in [1.82, 2.24) is 25.4 Å². The molecule has 5 rings (SSSR count). The number of hydrogen-bond donors (Lipinski definition) is 2. The van der Waals surface area contributed by atoms with Crippen LogP contribution in [0.3, 0.4) is 0 Å². The minimum absolute atomic E-state index is 0.248. The quantitative estimate of drug-likeness (QED) is 0.495. The van der Waals surface area contributed by atoms with Crippen molar-refractivity contribution in [3.63, 3.8) is 0 Å². The number of pyridine rings is 1. The van der Waals surface area contributed by atoms with Gasteiger partial charge in [-0.25, -0.2) is 4.39 Å². The van der Waals surface area contributed by atoms with Crippen molar-refractivity contribution < 1.29 is 4.39 Å². The number of fused-ring (bicyclic) bond motifs is 4. The third-order valence-electron chi connectivity index (χ3n) is 4.08. The molecule has 5 aromatic rings. The molecule has 0 aliphatic carbocycles. The summed E-state index contributed by atoms with van der Waals surface area (Å²) < 4.78 is 13.6. The van der Waals surface area contributed by atoms with Crippen molar-refractivity contribution in [2.24, 2.45) is 0 Å². The maximum absolute atomic E-state index is 13.6. The standard InChI is InChI=1S/C17H10FN5/c18-10-2-4-13-12(8-10)11-5-6-19-16(17(11)20-13)9-1-3-14-15(7-9)22-23-21-14/h1-8,20H,(H,21,22,23). The number of benzene rings is 2. The maximum atomic E-state index is 13.6. The van der Waals surface area contributed by atoms with E-state index < -0.39 is 0 Å². The number of nitrogens with one attached hydrogen (secondary N) is 2.